The van der Waals surface area contributed by atoms with Crippen molar-refractivity contribution >= 4 is 28.4 Å². The van der Waals surface area contributed by atoms with Crippen LogP contribution in [0.15, 0.2) is 53.4 Å². The first-order chi connectivity index (χ1) is 9.78. The largest absolute Gasteiger partial charge is 0.379 e. The van der Waals surface area contributed by atoms with E-state index in [0.29, 0.717) is 0 Å². The van der Waals surface area contributed by atoms with Gasteiger partial charge in [-0.05, 0) is 30.5 Å². The average Bonchev–Trinajstić information content (AvgIpc) is 2.82. The average molecular weight is 283 g/mol. The standard InChI is InChI=1S/C16H17N3S/c1-19-16-9-4-3-8-14(16)15(18-19)11-17-12-6-5-7-13(10-12)20-2/h3-10,17H,11H2,1-2H3. The van der Waals surface area contributed by atoms with Gasteiger partial charge in [0.2, 0.25) is 0 Å². The van der Waals surface area contributed by atoms with Gasteiger partial charge in [-0.3, -0.25) is 4.68 Å². The Morgan fingerprint density at radius 1 is 1.15 bits per heavy atom. The number of hydrogen-bond donors (Lipinski definition) is 1. The number of thioether (sulfide) groups is 1. The molecule has 3 nitrogen and oxygen atoms in total. The summed E-state index contributed by atoms with van der Waals surface area (Å²) in [5.41, 5.74) is 3.38. The van der Waals surface area contributed by atoms with Gasteiger partial charge >= 0.3 is 0 Å². The Kier molecular flexibility index (Phi) is 3.65. The number of benzene rings is 2. The Hall–Kier alpha value is -1.94. The van der Waals surface area contributed by atoms with Crippen LogP contribution in [0.25, 0.3) is 10.9 Å². The molecule has 0 saturated carbocycles. The first kappa shape index (κ1) is 13.1. The van der Waals surface area contributed by atoms with Crippen molar-refractivity contribution in [2.75, 3.05) is 11.6 Å². The van der Waals surface area contributed by atoms with Crippen LogP contribution in [0.5, 0.6) is 0 Å². The van der Waals surface area contributed by atoms with Crippen molar-refractivity contribution in [3.05, 3.63) is 54.2 Å². The van der Waals surface area contributed by atoms with Crippen LogP contribution in [-0.2, 0) is 13.6 Å². The highest BCUT2D eigenvalue weighted by Gasteiger charge is 2.07. The van der Waals surface area contributed by atoms with E-state index in [0.717, 1.165) is 17.9 Å². The fourth-order valence-electron chi connectivity index (χ4n) is 2.34. The van der Waals surface area contributed by atoms with Crippen LogP contribution in [0.3, 0.4) is 0 Å². The molecule has 0 radical (unpaired) electrons. The Morgan fingerprint density at radius 3 is 2.85 bits per heavy atom. The molecule has 0 spiro atoms. The van der Waals surface area contributed by atoms with Gasteiger partial charge < -0.3 is 5.32 Å². The lowest BCUT2D eigenvalue weighted by atomic mass is 10.2. The van der Waals surface area contributed by atoms with Crippen molar-refractivity contribution in [2.24, 2.45) is 7.05 Å². The fourth-order valence-corrected chi connectivity index (χ4v) is 2.80. The lowest BCUT2D eigenvalue weighted by Gasteiger charge is -2.06. The van der Waals surface area contributed by atoms with E-state index in [1.807, 2.05) is 17.8 Å². The van der Waals surface area contributed by atoms with Crippen LogP contribution in [0.2, 0.25) is 0 Å². The summed E-state index contributed by atoms with van der Waals surface area (Å²) in [5.74, 6) is 0. The van der Waals surface area contributed by atoms with E-state index in [4.69, 9.17) is 0 Å². The number of rotatable bonds is 4. The Labute approximate surface area is 123 Å². The summed E-state index contributed by atoms with van der Waals surface area (Å²) in [7, 11) is 1.99. The molecule has 0 fully saturated rings. The summed E-state index contributed by atoms with van der Waals surface area (Å²) >= 11 is 1.75. The predicted octanol–water partition coefficient (Wildman–Crippen LogP) is 3.91. The van der Waals surface area contributed by atoms with Crippen molar-refractivity contribution < 1.29 is 0 Å². The molecule has 3 aromatic rings. The van der Waals surface area contributed by atoms with E-state index in [1.165, 1.54) is 15.8 Å². The molecule has 4 heteroatoms. The number of nitrogens with zero attached hydrogens (tertiary/aromatic N) is 2. The van der Waals surface area contributed by atoms with E-state index in [9.17, 15) is 0 Å². The normalized spacial score (nSPS) is 10.9. The van der Waals surface area contributed by atoms with Crippen molar-refractivity contribution in [1.82, 2.24) is 9.78 Å². The van der Waals surface area contributed by atoms with E-state index >= 15 is 0 Å². The molecule has 2 aromatic carbocycles. The molecule has 1 N–H and O–H groups in total. The molecule has 102 valence electrons. The van der Waals surface area contributed by atoms with Gasteiger partial charge in [0.05, 0.1) is 17.8 Å². The highest BCUT2D eigenvalue weighted by Crippen LogP contribution is 2.21. The minimum Gasteiger partial charge on any atom is -0.379 e. The SMILES string of the molecule is CSc1cccc(NCc2nn(C)c3ccccc23)c1. The zero-order chi connectivity index (χ0) is 13.9. The molecule has 0 aliphatic carbocycles. The van der Waals surface area contributed by atoms with E-state index in [1.54, 1.807) is 11.8 Å². The van der Waals surface area contributed by atoms with Crippen LogP contribution >= 0.6 is 11.8 Å². The monoisotopic (exact) mass is 283 g/mol. The number of hydrogen-bond acceptors (Lipinski definition) is 3. The second-order valence-corrected chi connectivity index (χ2v) is 5.55. The van der Waals surface area contributed by atoms with Gasteiger partial charge in [0.15, 0.2) is 0 Å². The predicted molar refractivity (Wildman–Crippen MR) is 86.3 cm³/mol. The molecular formula is C16H17N3S. The molecule has 3 rings (SSSR count). The lowest BCUT2D eigenvalue weighted by molar-refractivity contribution is 0.771. The summed E-state index contributed by atoms with van der Waals surface area (Å²) in [6, 6.07) is 16.8. The van der Waals surface area contributed by atoms with Crippen LogP contribution in [0.1, 0.15) is 5.69 Å². The highest BCUT2D eigenvalue weighted by molar-refractivity contribution is 7.98. The maximum absolute atomic E-state index is 4.60. The van der Waals surface area contributed by atoms with Crippen molar-refractivity contribution in [3.63, 3.8) is 0 Å². The molecule has 0 atom stereocenters. The van der Waals surface area contributed by atoms with Gasteiger partial charge in [0.25, 0.3) is 0 Å². The minimum atomic E-state index is 0.735. The molecule has 20 heavy (non-hydrogen) atoms. The third kappa shape index (κ3) is 2.51. The molecule has 0 unspecified atom stereocenters. The summed E-state index contributed by atoms with van der Waals surface area (Å²) in [6.45, 7) is 0.735. The third-order valence-electron chi connectivity index (χ3n) is 3.36. The fraction of sp³-hybridized carbons (Fsp3) is 0.188. The van der Waals surface area contributed by atoms with Gasteiger partial charge in [0, 0.05) is 23.0 Å². The van der Waals surface area contributed by atoms with E-state index < -0.39 is 0 Å². The van der Waals surface area contributed by atoms with Crippen LogP contribution < -0.4 is 5.32 Å². The first-order valence-corrected chi connectivity index (χ1v) is 7.79. The number of fused-ring (bicyclic) bond motifs is 1. The van der Waals surface area contributed by atoms with Crippen molar-refractivity contribution in [1.29, 1.82) is 0 Å². The summed E-state index contributed by atoms with van der Waals surface area (Å²) in [4.78, 5) is 1.26. The Balaban J connectivity index is 1.83. The molecular weight excluding hydrogens is 266 g/mol. The topological polar surface area (TPSA) is 29.9 Å². The summed E-state index contributed by atoms with van der Waals surface area (Å²) < 4.78 is 1.94. The maximum atomic E-state index is 4.60. The molecule has 0 amide bonds. The number of nitrogens with one attached hydrogen (secondary N) is 1. The molecule has 0 aliphatic heterocycles. The van der Waals surface area contributed by atoms with Gasteiger partial charge in [-0.2, -0.15) is 5.10 Å². The van der Waals surface area contributed by atoms with Crippen molar-refractivity contribution in [2.45, 2.75) is 11.4 Å². The summed E-state index contributed by atoms with van der Waals surface area (Å²) in [5, 5.41) is 9.26. The van der Waals surface area contributed by atoms with Crippen molar-refractivity contribution in [3.8, 4) is 0 Å². The second-order valence-electron chi connectivity index (χ2n) is 4.67. The van der Waals surface area contributed by atoms with Gasteiger partial charge in [0.1, 0.15) is 0 Å². The first-order valence-electron chi connectivity index (χ1n) is 6.56. The number of aromatic nitrogens is 2. The highest BCUT2D eigenvalue weighted by atomic mass is 32.2. The van der Waals surface area contributed by atoms with Gasteiger partial charge in [-0.1, -0.05) is 24.3 Å². The van der Waals surface area contributed by atoms with E-state index in [2.05, 4.69) is 59.1 Å². The number of aryl methyl sites for hydroxylation is 1. The lowest BCUT2D eigenvalue weighted by Crippen LogP contribution is -2.01. The van der Waals surface area contributed by atoms with Crippen LogP contribution in [0.4, 0.5) is 5.69 Å². The number of anilines is 1. The van der Waals surface area contributed by atoms with Crippen LogP contribution in [0, 0.1) is 0 Å². The molecule has 0 aliphatic rings. The second kappa shape index (κ2) is 5.59. The smallest absolute Gasteiger partial charge is 0.0894 e. The Morgan fingerprint density at radius 2 is 2.00 bits per heavy atom. The third-order valence-corrected chi connectivity index (χ3v) is 4.09. The maximum Gasteiger partial charge on any atom is 0.0894 e. The van der Waals surface area contributed by atoms with E-state index in [-0.39, 0.29) is 0 Å². The number of para-hydroxylation sites is 1. The zero-order valence-corrected chi connectivity index (χ0v) is 12.4. The van der Waals surface area contributed by atoms with Gasteiger partial charge in [-0.15, -0.1) is 11.8 Å². The summed E-state index contributed by atoms with van der Waals surface area (Å²) in [6.07, 6.45) is 2.09. The zero-order valence-electron chi connectivity index (χ0n) is 11.6. The Bertz CT molecular complexity index is 733. The molecule has 0 saturated heterocycles. The van der Waals surface area contributed by atoms with Gasteiger partial charge in [-0.25, -0.2) is 0 Å². The molecule has 1 heterocycles. The molecule has 0 bridgehead atoms. The quantitative estimate of drug-likeness (QED) is 0.736. The molecule has 1 aromatic heterocycles. The van der Waals surface area contributed by atoms with Crippen LogP contribution in [-0.4, -0.2) is 16.0 Å². The minimum absolute atomic E-state index is 0.735.